The first kappa shape index (κ1) is 17.9. The van der Waals surface area contributed by atoms with Gasteiger partial charge in [-0.1, -0.05) is 35.0 Å². The molecule has 0 aliphatic heterocycles. The molecule has 2 aromatic carbocycles. The number of methoxy groups -OCH3 is 1. The van der Waals surface area contributed by atoms with Crippen LogP contribution in [-0.2, 0) is 11.2 Å². The topological polar surface area (TPSA) is 77.2 Å². The van der Waals surface area contributed by atoms with E-state index in [9.17, 15) is 4.79 Å². The number of hydrogen-bond donors (Lipinski definition) is 1. The average Bonchev–Trinajstić information content (AvgIpc) is 3.12. The number of benzene rings is 2. The van der Waals surface area contributed by atoms with E-state index < -0.39 is 0 Å². The predicted octanol–water partition coefficient (Wildman–Crippen LogP) is 4.28. The summed E-state index contributed by atoms with van der Waals surface area (Å²) in [6, 6.07) is 12.8. The molecule has 0 atom stereocenters. The molecule has 1 amide bonds. The molecule has 1 aromatic heterocycles. The summed E-state index contributed by atoms with van der Waals surface area (Å²) in [7, 11) is 1.58. The van der Waals surface area contributed by atoms with Crippen molar-refractivity contribution in [2.75, 3.05) is 12.4 Å². The van der Waals surface area contributed by atoms with Gasteiger partial charge in [-0.2, -0.15) is 4.98 Å². The van der Waals surface area contributed by atoms with Crippen LogP contribution in [0.15, 0.2) is 47.0 Å². The number of aryl methyl sites for hydroxylation is 2. The van der Waals surface area contributed by atoms with Gasteiger partial charge in [-0.15, -0.1) is 0 Å². The normalized spacial score (nSPS) is 10.6. The average molecular weight is 372 g/mol. The molecule has 3 aromatic rings. The number of amides is 1. The summed E-state index contributed by atoms with van der Waals surface area (Å²) in [6.07, 6.45) is 0.562. The lowest BCUT2D eigenvalue weighted by atomic mass is 10.2. The van der Waals surface area contributed by atoms with Crippen LogP contribution in [0.4, 0.5) is 5.69 Å². The zero-order chi connectivity index (χ0) is 18.5. The Kier molecular flexibility index (Phi) is 5.53. The van der Waals surface area contributed by atoms with Crippen LogP contribution in [0.2, 0.25) is 5.02 Å². The van der Waals surface area contributed by atoms with Crippen molar-refractivity contribution >= 4 is 23.2 Å². The summed E-state index contributed by atoms with van der Waals surface area (Å²) in [6.45, 7) is 1.91. The summed E-state index contributed by atoms with van der Waals surface area (Å²) in [5.41, 5.74) is 2.36. The molecule has 6 nitrogen and oxygen atoms in total. The summed E-state index contributed by atoms with van der Waals surface area (Å²) in [5.74, 6) is 1.34. The first-order valence-electron chi connectivity index (χ1n) is 8.09. The molecule has 7 heteroatoms. The maximum atomic E-state index is 12.1. The van der Waals surface area contributed by atoms with Crippen molar-refractivity contribution < 1.29 is 14.1 Å². The number of halogens is 1. The molecular weight excluding hydrogens is 354 g/mol. The lowest BCUT2D eigenvalue weighted by molar-refractivity contribution is -0.116. The summed E-state index contributed by atoms with van der Waals surface area (Å²) >= 11 is 6.06. The van der Waals surface area contributed by atoms with Crippen LogP contribution in [0, 0.1) is 6.92 Å². The number of anilines is 1. The van der Waals surface area contributed by atoms with Gasteiger partial charge in [-0.25, -0.2) is 0 Å². The van der Waals surface area contributed by atoms with Gasteiger partial charge in [-0.3, -0.25) is 4.79 Å². The Hall–Kier alpha value is -2.86. The maximum absolute atomic E-state index is 12.1. The highest BCUT2D eigenvalue weighted by Crippen LogP contribution is 2.27. The SMILES string of the molecule is COc1ccccc1-c1noc(CCC(=O)Nc2ccc(C)c(Cl)c2)n1. The summed E-state index contributed by atoms with van der Waals surface area (Å²) in [4.78, 5) is 16.4. The molecule has 1 heterocycles. The number of aromatic nitrogens is 2. The summed E-state index contributed by atoms with van der Waals surface area (Å²) in [5, 5.41) is 7.38. The lowest BCUT2D eigenvalue weighted by Crippen LogP contribution is -2.12. The van der Waals surface area contributed by atoms with E-state index in [1.165, 1.54) is 0 Å². The second-order valence-electron chi connectivity index (χ2n) is 5.72. The molecule has 1 N–H and O–H groups in total. The maximum Gasteiger partial charge on any atom is 0.227 e. The second kappa shape index (κ2) is 8.01. The fourth-order valence-corrected chi connectivity index (χ4v) is 2.59. The van der Waals surface area contributed by atoms with E-state index in [-0.39, 0.29) is 12.3 Å². The molecule has 134 valence electrons. The van der Waals surface area contributed by atoms with E-state index in [1.54, 1.807) is 13.2 Å². The number of para-hydroxylation sites is 1. The molecule has 0 unspecified atom stereocenters. The number of ether oxygens (including phenoxy) is 1. The van der Waals surface area contributed by atoms with Gasteiger partial charge >= 0.3 is 0 Å². The first-order valence-corrected chi connectivity index (χ1v) is 8.46. The Bertz CT molecular complexity index is 924. The van der Waals surface area contributed by atoms with Crippen molar-refractivity contribution in [1.29, 1.82) is 0 Å². The van der Waals surface area contributed by atoms with Crippen molar-refractivity contribution in [3.05, 3.63) is 58.9 Å². The van der Waals surface area contributed by atoms with E-state index in [2.05, 4.69) is 15.5 Å². The van der Waals surface area contributed by atoms with Gasteiger partial charge in [0, 0.05) is 23.6 Å². The van der Waals surface area contributed by atoms with Crippen molar-refractivity contribution in [3.63, 3.8) is 0 Å². The van der Waals surface area contributed by atoms with Crippen molar-refractivity contribution in [2.45, 2.75) is 19.8 Å². The van der Waals surface area contributed by atoms with Crippen LogP contribution < -0.4 is 10.1 Å². The molecule has 0 saturated heterocycles. The van der Waals surface area contributed by atoms with Gasteiger partial charge < -0.3 is 14.6 Å². The van der Waals surface area contributed by atoms with Gasteiger partial charge in [0.2, 0.25) is 17.6 Å². The number of rotatable bonds is 6. The lowest BCUT2D eigenvalue weighted by Gasteiger charge is -2.06. The molecule has 26 heavy (non-hydrogen) atoms. The molecule has 0 aliphatic rings. The third kappa shape index (κ3) is 4.21. The monoisotopic (exact) mass is 371 g/mol. The smallest absolute Gasteiger partial charge is 0.227 e. The standard InChI is InChI=1S/C19H18ClN3O3/c1-12-7-8-13(11-15(12)20)21-17(24)9-10-18-22-19(23-26-18)14-5-3-4-6-16(14)25-2/h3-8,11H,9-10H2,1-2H3,(H,21,24). The third-order valence-corrected chi connectivity index (χ3v) is 4.24. The quantitative estimate of drug-likeness (QED) is 0.699. The number of nitrogens with one attached hydrogen (secondary N) is 1. The molecule has 0 saturated carbocycles. The van der Waals surface area contributed by atoms with E-state index in [0.29, 0.717) is 34.6 Å². The number of carbonyl (C=O) groups is 1. The molecule has 0 bridgehead atoms. The molecule has 0 aliphatic carbocycles. The first-order chi connectivity index (χ1) is 12.6. The highest BCUT2D eigenvalue weighted by atomic mass is 35.5. The van der Waals surface area contributed by atoms with Crippen LogP contribution in [0.5, 0.6) is 5.75 Å². The molecule has 3 rings (SSSR count). The third-order valence-electron chi connectivity index (χ3n) is 3.84. The van der Waals surface area contributed by atoms with Crippen LogP contribution in [0.3, 0.4) is 0 Å². The minimum absolute atomic E-state index is 0.151. The molecular formula is C19H18ClN3O3. The Morgan fingerprint density at radius 1 is 1.27 bits per heavy atom. The van der Waals surface area contributed by atoms with Crippen LogP contribution >= 0.6 is 11.6 Å². The number of nitrogens with zero attached hydrogens (tertiary/aromatic N) is 2. The van der Waals surface area contributed by atoms with E-state index in [4.69, 9.17) is 20.9 Å². The Balaban J connectivity index is 1.61. The molecule has 0 fully saturated rings. The highest BCUT2D eigenvalue weighted by Gasteiger charge is 2.14. The van der Waals surface area contributed by atoms with Crippen molar-refractivity contribution in [1.82, 2.24) is 10.1 Å². The fraction of sp³-hybridized carbons (Fsp3) is 0.211. The zero-order valence-electron chi connectivity index (χ0n) is 14.5. The van der Waals surface area contributed by atoms with Crippen LogP contribution in [0.25, 0.3) is 11.4 Å². The van der Waals surface area contributed by atoms with Gasteiger partial charge in [0.25, 0.3) is 0 Å². The largest absolute Gasteiger partial charge is 0.496 e. The summed E-state index contributed by atoms with van der Waals surface area (Å²) < 4.78 is 10.5. The Morgan fingerprint density at radius 3 is 2.85 bits per heavy atom. The fourth-order valence-electron chi connectivity index (χ4n) is 2.41. The Labute approximate surface area is 156 Å². The predicted molar refractivity (Wildman–Crippen MR) is 99.4 cm³/mol. The van der Waals surface area contributed by atoms with E-state index in [1.807, 2.05) is 43.3 Å². The van der Waals surface area contributed by atoms with Gasteiger partial charge in [-0.05, 0) is 36.8 Å². The van der Waals surface area contributed by atoms with Gasteiger partial charge in [0.15, 0.2) is 0 Å². The molecule has 0 spiro atoms. The van der Waals surface area contributed by atoms with Crippen LogP contribution in [0.1, 0.15) is 17.9 Å². The number of hydrogen-bond acceptors (Lipinski definition) is 5. The van der Waals surface area contributed by atoms with E-state index >= 15 is 0 Å². The van der Waals surface area contributed by atoms with Gasteiger partial charge in [0.1, 0.15) is 5.75 Å². The van der Waals surface area contributed by atoms with E-state index in [0.717, 1.165) is 11.1 Å². The van der Waals surface area contributed by atoms with Crippen molar-refractivity contribution in [3.8, 4) is 17.1 Å². The second-order valence-corrected chi connectivity index (χ2v) is 6.13. The van der Waals surface area contributed by atoms with Gasteiger partial charge in [0.05, 0.1) is 12.7 Å². The zero-order valence-corrected chi connectivity index (χ0v) is 15.2. The molecule has 0 radical (unpaired) electrons. The minimum atomic E-state index is -0.151. The number of carbonyl (C=O) groups excluding carboxylic acids is 1. The highest BCUT2D eigenvalue weighted by molar-refractivity contribution is 6.31. The Morgan fingerprint density at radius 2 is 2.08 bits per heavy atom. The van der Waals surface area contributed by atoms with Crippen molar-refractivity contribution in [2.24, 2.45) is 0 Å². The minimum Gasteiger partial charge on any atom is -0.496 e. The van der Waals surface area contributed by atoms with Crippen LogP contribution in [-0.4, -0.2) is 23.2 Å².